The predicted octanol–water partition coefficient (Wildman–Crippen LogP) is 4.44. The van der Waals surface area contributed by atoms with Crippen LogP contribution in [-0.2, 0) is 6.42 Å². The van der Waals surface area contributed by atoms with Crippen molar-refractivity contribution >= 4 is 5.78 Å². The molecule has 0 amide bonds. The van der Waals surface area contributed by atoms with Gasteiger partial charge < -0.3 is 4.74 Å². The normalized spacial score (nSPS) is 10.5. The van der Waals surface area contributed by atoms with Crippen LogP contribution in [0.3, 0.4) is 0 Å². The fraction of sp³-hybridized carbons (Fsp3) is 0.316. The molecule has 0 unspecified atom stereocenters. The molecular formula is C19H22O2. The second kappa shape index (κ2) is 6.57. The summed E-state index contributed by atoms with van der Waals surface area (Å²) in [6.45, 7) is 8.29. The lowest BCUT2D eigenvalue weighted by Crippen LogP contribution is -2.12. The number of Topliss-reactive ketones (excluding diaryl/α,β-unsaturated/α-hetero) is 1. The first-order valence-electron chi connectivity index (χ1n) is 7.34. The molecule has 0 saturated carbocycles. The highest BCUT2D eigenvalue weighted by molar-refractivity contribution is 5.97. The van der Waals surface area contributed by atoms with Crippen LogP contribution in [0.4, 0.5) is 0 Å². The van der Waals surface area contributed by atoms with Crippen molar-refractivity contribution in [3.05, 3.63) is 64.2 Å². The standard InChI is InChI=1S/C19H22O2/c1-5-16-6-8-17(9-7-16)18(20)12-21-19-11-13(2)10-14(3)15(19)4/h6-11H,5,12H2,1-4H3. The van der Waals surface area contributed by atoms with Gasteiger partial charge in [-0.25, -0.2) is 0 Å². The van der Waals surface area contributed by atoms with E-state index in [-0.39, 0.29) is 12.4 Å². The Morgan fingerprint density at radius 2 is 1.71 bits per heavy atom. The Balaban J connectivity index is 2.07. The van der Waals surface area contributed by atoms with Gasteiger partial charge in [0.15, 0.2) is 12.4 Å². The lowest BCUT2D eigenvalue weighted by Gasteiger charge is -2.12. The van der Waals surface area contributed by atoms with Crippen LogP contribution in [0.1, 0.15) is 39.5 Å². The van der Waals surface area contributed by atoms with Crippen LogP contribution in [-0.4, -0.2) is 12.4 Å². The molecule has 2 nitrogen and oxygen atoms in total. The fourth-order valence-corrected chi connectivity index (χ4v) is 2.30. The average molecular weight is 282 g/mol. The Morgan fingerprint density at radius 3 is 2.33 bits per heavy atom. The van der Waals surface area contributed by atoms with Gasteiger partial charge in [0.05, 0.1) is 0 Å². The Labute approximate surface area is 126 Å². The van der Waals surface area contributed by atoms with E-state index in [0.717, 1.165) is 23.3 Å². The van der Waals surface area contributed by atoms with Crippen molar-refractivity contribution in [2.75, 3.05) is 6.61 Å². The van der Waals surface area contributed by atoms with Gasteiger partial charge in [-0.05, 0) is 55.5 Å². The van der Waals surface area contributed by atoms with Gasteiger partial charge in [-0.2, -0.15) is 0 Å². The maximum atomic E-state index is 12.2. The van der Waals surface area contributed by atoms with Gasteiger partial charge in [0, 0.05) is 5.56 Å². The monoisotopic (exact) mass is 282 g/mol. The number of ketones is 1. The number of hydrogen-bond donors (Lipinski definition) is 0. The molecule has 0 N–H and O–H groups in total. The van der Waals surface area contributed by atoms with Crippen molar-refractivity contribution in [2.24, 2.45) is 0 Å². The number of benzene rings is 2. The molecule has 2 heteroatoms. The smallest absolute Gasteiger partial charge is 0.200 e. The van der Waals surface area contributed by atoms with E-state index in [1.54, 1.807) is 0 Å². The fourth-order valence-electron chi connectivity index (χ4n) is 2.30. The van der Waals surface area contributed by atoms with E-state index in [9.17, 15) is 4.79 Å². The Kier molecular flexibility index (Phi) is 4.79. The summed E-state index contributed by atoms with van der Waals surface area (Å²) in [4.78, 5) is 12.2. The summed E-state index contributed by atoms with van der Waals surface area (Å²) in [5, 5.41) is 0. The topological polar surface area (TPSA) is 26.3 Å². The molecule has 0 aliphatic rings. The zero-order valence-corrected chi connectivity index (χ0v) is 13.2. The third-order valence-corrected chi connectivity index (χ3v) is 3.81. The number of aryl methyl sites for hydroxylation is 3. The molecule has 21 heavy (non-hydrogen) atoms. The van der Waals surface area contributed by atoms with Crippen LogP contribution in [0.25, 0.3) is 0 Å². The van der Waals surface area contributed by atoms with Crippen molar-refractivity contribution in [1.29, 1.82) is 0 Å². The Hall–Kier alpha value is -2.09. The highest BCUT2D eigenvalue weighted by atomic mass is 16.5. The van der Waals surface area contributed by atoms with E-state index in [2.05, 4.69) is 19.9 Å². The first kappa shape index (κ1) is 15.3. The molecule has 0 atom stereocenters. The number of rotatable bonds is 5. The summed E-state index contributed by atoms with van der Waals surface area (Å²) in [5.74, 6) is 0.808. The quantitative estimate of drug-likeness (QED) is 0.758. The van der Waals surface area contributed by atoms with Gasteiger partial charge in [-0.15, -0.1) is 0 Å². The van der Waals surface area contributed by atoms with Crippen LogP contribution in [0.2, 0.25) is 0 Å². The van der Waals surface area contributed by atoms with E-state index in [1.165, 1.54) is 11.1 Å². The molecular weight excluding hydrogens is 260 g/mol. The predicted molar refractivity (Wildman–Crippen MR) is 86.3 cm³/mol. The maximum Gasteiger partial charge on any atom is 0.200 e. The molecule has 2 aromatic carbocycles. The first-order valence-corrected chi connectivity index (χ1v) is 7.34. The average Bonchev–Trinajstić information content (AvgIpc) is 2.49. The molecule has 0 radical (unpaired) electrons. The molecule has 0 bridgehead atoms. The van der Waals surface area contributed by atoms with E-state index in [1.807, 2.05) is 44.2 Å². The largest absolute Gasteiger partial charge is 0.485 e. The van der Waals surface area contributed by atoms with Crippen LogP contribution in [0.5, 0.6) is 5.75 Å². The molecule has 0 fully saturated rings. The molecule has 0 spiro atoms. The van der Waals surface area contributed by atoms with Crippen molar-refractivity contribution in [2.45, 2.75) is 34.1 Å². The maximum absolute atomic E-state index is 12.2. The molecule has 0 aliphatic carbocycles. The number of carbonyl (C=O) groups is 1. The SMILES string of the molecule is CCc1ccc(C(=O)COc2cc(C)cc(C)c2C)cc1. The Morgan fingerprint density at radius 1 is 1.05 bits per heavy atom. The van der Waals surface area contributed by atoms with Crippen LogP contribution >= 0.6 is 0 Å². The summed E-state index contributed by atoms with van der Waals surface area (Å²) < 4.78 is 5.72. The Bertz CT molecular complexity index is 639. The molecule has 2 rings (SSSR count). The lowest BCUT2D eigenvalue weighted by atomic mass is 10.1. The molecule has 0 aliphatic heterocycles. The van der Waals surface area contributed by atoms with Gasteiger partial charge in [-0.1, -0.05) is 37.3 Å². The second-order valence-electron chi connectivity index (χ2n) is 5.47. The zero-order valence-electron chi connectivity index (χ0n) is 13.2. The van der Waals surface area contributed by atoms with Crippen molar-refractivity contribution in [3.8, 4) is 5.75 Å². The van der Waals surface area contributed by atoms with Gasteiger partial charge in [0.1, 0.15) is 5.75 Å². The van der Waals surface area contributed by atoms with Crippen LogP contribution in [0.15, 0.2) is 36.4 Å². The second-order valence-corrected chi connectivity index (χ2v) is 5.47. The summed E-state index contributed by atoms with van der Waals surface area (Å²) in [6, 6.07) is 11.8. The molecule has 0 saturated heterocycles. The number of ether oxygens (including phenoxy) is 1. The number of carbonyl (C=O) groups excluding carboxylic acids is 1. The third-order valence-electron chi connectivity index (χ3n) is 3.81. The van der Waals surface area contributed by atoms with E-state index in [4.69, 9.17) is 4.74 Å². The minimum atomic E-state index is 0.0104. The molecule has 2 aromatic rings. The summed E-state index contributed by atoms with van der Waals surface area (Å²) in [6.07, 6.45) is 0.979. The van der Waals surface area contributed by atoms with Crippen molar-refractivity contribution in [1.82, 2.24) is 0 Å². The highest BCUT2D eigenvalue weighted by Crippen LogP contribution is 2.23. The highest BCUT2D eigenvalue weighted by Gasteiger charge is 2.09. The van der Waals surface area contributed by atoms with Crippen LogP contribution in [0, 0.1) is 20.8 Å². The lowest BCUT2D eigenvalue weighted by molar-refractivity contribution is 0.0921. The summed E-state index contributed by atoms with van der Waals surface area (Å²) >= 11 is 0. The summed E-state index contributed by atoms with van der Waals surface area (Å²) in [7, 11) is 0. The van der Waals surface area contributed by atoms with Gasteiger partial charge >= 0.3 is 0 Å². The summed E-state index contributed by atoms with van der Waals surface area (Å²) in [5.41, 5.74) is 5.36. The van der Waals surface area contributed by atoms with E-state index in [0.29, 0.717) is 5.56 Å². The van der Waals surface area contributed by atoms with E-state index < -0.39 is 0 Å². The molecule has 110 valence electrons. The van der Waals surface area contributed by atoms with Gasteiger partial charge in [0.25, 0.3) is 0 Å². The number of hydrogen-bond acceptors (Lipinski definition) is 2. The minimum absolute atomic E-state index is 0.0104. The van der Waals surface area contributed by atoms with Crippen LogP contribution < -0.4 is 4.74 Å². The van der Waals surface area contributed by atoms with Crippen molar-refractivity contribution in [3.63, 3.8) is 0 Å². The van der Waals surface area contributed by atoms with Gasteiger partial charge in [0.2, 0.25) is 0 Å². The van der Waals surface area contributed by atoms with Crippen molar-refractivity contribution < 1.29 is 9.53 Å². The third kappa shape index (κ3) is 3.72. The molecule has 0 heterocycles. The zero-order chi connectivity index (χ0) is 15.4. The minimum Gasteiger partial charge on any atom is -0.485 e. The molecule has 0 aromatic heterocycles. The first-order chi connectivity index (χ1) is 10.0. The van der Waals surface area contributed by atoms with Gasteiger partial charge in [-0.3, -0.25) is 4.79 Å². The van der Waals surface area contributed by atoms with E-state index >= 15 is 0 Å².